The molecule has 1 atom stereocenters. The minimum atomic E-state index is -3.22. The van der Waals surface area contributed by atoms with E-state index in [0.29, 0.717) is 36.8 Å². The first kappa shape index (κ1) is 16.3. The number of sulfonamides is 1. The van der Waals surface area contributed by atoms with Crippen molar-refractivity contribution in [2.45, 2.75) is 25.3 Å². The molecule has 0 aliphatic carbocycles. The Labute approximate surface area is 137 Å². The quantitative estimate of drug-likeness (QED) is 0.895. The average molecular weight is 337 g/mol. The van der Waals surface area contributed by atoms with Crippen LogP contribution in [0.5, 0.6) is 0 Å². The number of amides is 1. The summed E-state index contributed by atoms with van der Waals surface area (Å²) >= 11 is 0. The fraction of sp³-hybridized carbons (Fsp3) is 0.562. The Balaban J connectivity index is 1.81. The number of rotatable bonds is 3. The second-order valence-corrected chi connectivity index (χ2v) is 8.18. The summed E-state index contributed by atoms with van der Waals surface area (Å²) in [4.78, 5) is 14.6. The van der Waals surface area contributed by atoms with Gasteiger partial charge in [-0.1, -0.05) is 6.07 Å². The van der Waals surface area contributed by atoms with E-state index in [0.717, 1.165) is 19.4 Å². The van der Waals surface area contributed by atoms with Gasteiger partial charge in [0.05, 0.1) is 11.4 Å². The molecule has 1 aromatic rings. The predicted molar refractivity (Wildman–Crippen MR) is 90.2 cm³/mol. The number of carbonyl (C=O) groups is 1. The van der Waals surface area contributed by atoms with Crippen molar-refractivity contribution in [2.75, 3.05) is 36.7 Å². The molecule has 1 unspecified atom stereocenters. The van der Waals surface area contributed by atoms with Gasteiger partial charge < -0.3 is 10.2 Å². The number of likely N-dealkylation sites (tertiary alicyclic amines) is 1. The van der Waals surface area contributed by atoms with Crippen LogP contribution in [0.25, 0.3) is 0 Å². The Morgan fingerprint density at radius 3 is 2.78 bits per heavy atom. The molecule has 2 aliphatic heterocycles. The fourth-order valence-corrected chi connectivity index (χ4v) is 4.86. The molecule has 0 bridgehead atoms. The van der Waals surface area contributed by atoms with E-state index in [1.807, 2.05) is 11.9 Å². The molecule has 1 amide bonds. The molecule has 6 nitrogen and oxygen atoms in total. The van der Waals surface area contributed by atoms with Crippen LogP contribution in [0.4, 0.5) is 5.69 Å². The zero-order chi connectivity index (χ0) is 16.4. The maximum absolute atomic E-state index is 12.7. The highest BCUT2D eigenvalue weighted by Gasteiger charge is 2.29. The van der Waals surface area contributed by atoms with Gasteiger partial charge in [0, 0.05) is 31.2 Å². The Hall–Kier alpha value is -1.60. The highest BCUT2D eigenvalue weighted by Crippen LogP contribution is 2.25. The number of anilines is 1. The van der Waals surface area contributed by atoms with Crippen LogP contribution >= 0.6 is 0 Å². The SMILES string of the molecule is CNC1CCCN(C(=O)c2cccc(N3CCCS3(=O)=O)c2)C1. The number of hydrogen-bond donors (Lipinski definition) is 1. The van der Waals surface area contributed by atoms with Crippen LogP contribution in [0.3, 0.4) is 0 Å². The number of carbonyl (C=O) groups excluding carboxylic acids is 1. The highest BCUT2D eigenvalue weighted by molar-refractivity contribution is 7.93. The van der Waals surface area contributed by atoms with E-state index < -0.39 is 10.0 Å². The summed E-state index contributed by atoms with van der Waals surface area (Å²) in [6.45, 7) is 1.94. The molecule has 2 saturated heterocycles. The molecule has 126 valence electrons. The Morgan fingerprint density at radius 1 is 1.26 bits per heavy atom. The number of piperidine rings is 1. The molecule has 23 heavy (non-hydrogen) atoms. The summed E-state index contributed by atoms with van der Waals surface area (Å²) in [5.74, 6) is 0.157. The van der Waals surface area contributed by atoms with Crippen LogP contribution in [-0.2, 0) is 10.0 Å². The Morgan fingerprint density at radius 2 is 2.09 bits per heavy atom. The predicted octanol–water partition coefficient (Wildman–Crippen LogP) is 1.05. The lowest BCUT2D eigenvalue weighted by molar-refractivity contribution is 0.0698. The lowest BCUT2D eigenvalue weighted by atomic mass is 10.0. The van der Waals surface area contributed by atoms with E-state index in [1.54, 1.807) is 24.3 Å². The van der Waals surface area contributed by atoms with Gasteiger partial charge in [0.25, 0.3) is 5.91 Å². The average Bonchev–Trinajstić information content (AvgIpc) is 2.93. The smallest absolute Gasteiger partial charge is 0.253 e. The third-order valence-corrected chi connectivity index (χ3v) is 6.47. The van der Waals surface area contributed by atoms with Crippen molar-refractivity contribution in [1.29, 1.82) is 0 Å². The van der Waals surface area contributed by atoms with Gasteiger partial charge >= 0.3 is 0 Å². The summed E-state index contributed by atoms with van der Waals surface area (Å²) in [5, 5.41) is 3.23. The monoisotopic (exact) mass is 337 g/mol. The summed E-state index contributed by atoms with van der Waals surface area (Å²) in [7, 11) is -1.31. The van der Waals surface area contributed by atoms with E-state index in [9.17, 15) is 13.2 Å². The first-order chi connectivity index (χ1) is 11.0. The number of likely N-dealkylation sites (N-methyl/N-ethyl adjacent to an activating group) is 1. The van der Waals surface area contributed by atoms with Crippen molar-refractivity contribution >= 4 is 21.6 Å². The van der Waals surface area contributed by atoms with Gasteiger partial charge in [0.1, 0.15) is 0 Å². The van der Waals surface area contributed by atoms with Gasteiger partial charge in [0.2, 0.25) is 10.0 Å². The fourth-order valence-electron chi connectivity index (χ4n) is 3.30. The van der Waals surface area contributed by atoms with Gasteiger partial charge in [-0.25, -0.2) is 8.42 Å². The first-order valence-electron chi connectivity index (χ1n) is 8.08. The maximum atomic E-state index is 12.7. The Bertz CT molecular complexity index is 690. The molecule has 0 saturated carbocycles. The van der Waals surface area contributed by atoms with Gasteiger partial charge in [-0.2, -0.15) is 0 Å². The largest absolute Gasteiger partial charge is 0.337 e. The molecule has 2 heterocycles. The molecule has 0 aromatic heterocycles. The zero-order valence-corrected chi connectivity index (χ0v) is 14.2. The molecule has 0 spiro atoms. The van der Waals surface area contributed by atoms with Crippen LogP contribution in [0, 0.1) is 0 Å². The van der Waals surface area contributed by atoms with Crippen LogP contribution in [-0.4, -0.2) is 57.7 Å². The van der Waals surface area contributed by atoms with Crippen molar-refractivity contribution in [3.8, 4) is 0 Å². The van der Waals surface area contributed by atoms with E-state index in [-0.39, 0.29) is 11.7 Å². The van der Waals surface area contributed by atoms with Crippen LogP contribution < -0.4 is 9.62 Å². The third-order valence-electron chi connectivity index (χ3n) is 4.60. The standard InChI is InChI=1S/C16H23N3O3S/c1-17-14-6-3-8-18(12-14)16(20)13-5-2-7-15(11-13)19-9-4-10-23(19,21)22/h2,5,7,11,14,17H,3-4,6,8-10,12H2,1H3. The lowest BCUT2D eigenvalue weighted by Gasteiger charge is -2.32. The number of benzene rings is 1. The minimum absolute atomic E-state index is 0.0246. The molecule has 2 fully saturated rings. The zero-order valence-electron chi connectivity index (χ0n) is 13.4. The van der Waals surface area contributed by atoms with Crippen molar-refractivity contribution in [2.24, 2.45) is 0 Å². The molecule has 2 aliphatic rings. The molecular weight excluding hydrogens is 314 g/mol. The number of hydrogen-bond acceptors (Lipinski definition) is 4. The summed E-state index contributed by atoms with van der Waals surface area (Å²) in [5.41, 5.74) is 1.15. The van der Waals surface area contributed by atoms with E-state index in [4.69, 9.17) is 0 Å². The van der Waals surface area contributed by atoms with Crippen molar-refractivity contribution < 1.29 is 13.2 Å². The molecule has 3 rings (SSSR count). The topological polar surface area (TPSA) is 69.7 Å². The molecule has 0 radical (unpaired) electrons. The van der Waals surface area contributed by atoms with Crippen LogP contribution in [0.15, 0.2) is 24.3 Å². The summed E-state index contributed by atoms with van der Waals surface area (Å²) in [6.07, 6.45) is 2.69. The minimum Gasteiger partial charge on any atom is -0.337 e. The summed E-state index contributed by atoms with van der Waals surface area (Å²) in [6, 6.07) is 7.31. The lowest BCUT2D eigenvalue weighted by Crippen LogP contribution is -2.47. The number of nitrogens with zero attached hydrogens (tertiary/aromatic N) is 2. The van der Waals surface area contributed by atoms with Gasteiger partial charge in [-0.3, -0.25) is 9.10 Å². The van der Waals surface area contributed by atoms with E-state index in [2.05, 4.69) is 5.32 Å². The van der Waals surface area contributed by atoms with Crippen molar-refractivity contribution in [3.05, 3.63) is 29.8 Å². The third kappa shape index (κ3) is 3.35. The summed E-state index contributed by atoms with van der Waals surface area (Å²) < 4.78 is 25.5. The highest BCUT2D eigenvalue weighted by atomic mass is 32.2. The van der Waals surface area contributed by atoms with Crippen LogP contribution in [0.1, 0.15) is 29.6 Å². The number of nitrogens with one attached hydrogen (secondary N) is 1. The van der Waals surface area contributed by atoms with Crippen LogP contribution in [0.2, 0.25) is 0 Å². The van der Waals surface area contributed by atoms with Crippen molar-refractivity contribution in [1.82, 2.24) is 10.2 Å². The molecule has 1 aromatic carbocycles. The maximum Gasteiger partial charge on any atom is 0.253 e. The Kier molecular flexibility index (Phi) is 4.59. The van der Waals surface area contributed by atoms with Gasteiger partial charge in [-0.05, 0) is 44.5 Å². The van der Waals surface area contributed by atoms with Gasteiger partial charge in [0.15, 0.2) is 0 Å². The van der Waals surface area contributed by atoms with Crippen molar-refractivity contribution in [3.63, 3.8) is 0 Å². The molecule has 7 heteroatoms. The van der Waals surface area contributed by atoms with E-state index in [1.165, 1.54) is 4.31 Å². The molecule has 1 N–H and O–H groups in total. The van der Waals surface area contributed by atoms with Gasteiger partial charge in [-0.15, -0.1) is 0 Å². The normalized spacial score (nSPS) is 24.0. The second kappa shape index (κ2) is 6.49. The second-order valence-electron chi connectivity index (χ2n) is 6.17. The molecular formula is C16H23N3O3S. The van der Waals surface area contributed by atoms with E-state index >= 15 is 0 Å². The first-order valence-corrected chi connectivity index (χ1v) is 9.69.